The maximum Gasteiger partial charge on any atom is 0.267 e. The van der Waals surface area contributed by atoms with E-state index in [1.807, 2.05) is 38.1 Å². The van der Waals surface area contributed by atoms with Crippen molar-refractivity contribution in [2.45, 2.75) is 33.5 Å². The summed E-state index contributed by atoms with van der Waals surface area (Å²) in [5.41, 5.74) is 3.25. The van der Waals surface area contributed by atoms with Gasteiger partial charge < -0.3 is 9.47 Å². The quantitative estimate of drug-likeness (QED) is 0.201. The molecule has 0 bridgehead atoms. The van der Waals surface area contributed by atoms with Crippen LogP contribution in [0.15, 0.2) is 30.3 Å². The molecule has 0 spiro atoms. The number of ether oxygens (including phenoxy) is 2. The summed E-state index contributed by atoms with van der Waals surface area (Å²) in [4.78, 5) is 16.8. The number of nitrogens with one attached hydrogen (secondary N) is 1. The van der Waals surface area contributed by atoms with Gasteiger partial charge in [-0.2, -0.15) is 0 Å². The van der Waals surface area contributed by atoms with Crippen LogP contribution in [-0.2, 0) is 14.4 Å². The van der Waals surface area contributed by atoms with Crippen LogP contribution in [0.5, 0.6) is 5.75 Å². The molecule has 0 aliphatic heterocycles. The van der Waals surface area contributed by atoms with Gasteiger partial charge in [0.2, 0.25) is 0 Å². The molecule has 1 amide bonds. The fraction of sp³-hybridized carbons (Fsp3) is 0.500. The second-order valence-electron chi connectivity index (χ2n) is 5.67. The summed E-state index contributed by atoms with van der Waals surface area (Å²) in [6.45, 7) is 7.09. The number of benzene rings is 1. The van der Waals surface area contributed by atoms with Gasteiger partial charge >= 0.3 is 0 Å². The lowest BCUT2D eigenvalue weighted by Crippen LogP contribution is -2.29. The molecule has 0 aromatic heterocycles. The van der Waals surface area contributed by atoms with Gasteiger partial charge in [0, 0.05) is 11.4 Å². The van der Waals surface area contributed by atoms with Gasteiger partial charge in [-0.15, -0.1) is 0 Å². The lowest BCUT2D eigenvalue weighted by Gasteiger charge is -2.14. The van der Waals surface area contributed by atoms with Crippen LogP contribution in [0.3, 0.4) is 0 Å². The molecule has 1 aromatic rings. The van der Waals surface area contributed by atoms with Crippen molar-refractivity contribution in [1.82, 2.24) is 5.48 Å². The minimum absolute atomic E-state index is 0.340. The van der Waals surface area contributed by atoms with E-state index in [-0.39, 0.29) is 5.91 Å². The average Bonchev–Trinajstić information content (AvgIpc) is 2.57. The standard InChI is InChI=1S/C18H26BrNO4/c1-14(2)13-23-15(3)24-20-18(21)10-7-16-5-8-17(9-6-16)22-12-4-11-19/h5-10,14-15H,4,11-13H2,1-3H3,(H,20,21). The zero-order valence-electron chi connectivity index (χ0n) is 14.5. The largest absolute Gasteiger partial charge is 0.494 e. The Balaban J connectivity index is 2.33. The Hall–Kier alpha value is -1.37. The zero-order valence-corrected chi connectivity index (χ0v) is 16.0. The van der Waals surface area contributed by atoms with E-state index in [0.717, 1.165) is 23.1 Å². The highest BCUT2D eigenvalue weighted by atomic mass is 79.9. The number of rotatable bonds is 11. The molecule has 1 unspecified atom stereocenters. The molecule has 6 heteroatoms. The summed E-state index contributed by atoms with van der Waals surface area (Å²) in [5.74, 6) is 0.891. The number of amides is 1. The van der Waals surface area contributed by atoms with Crippen LogP contribution in [0.2, 0.25) is 0 Å². The van der Waals surface area contributed by atoms with Crippen LogP contribution < -0.4 is 10.2 Å². The SMILES string of the molecule is CC(C)COC(C)ONC(=O)C=Cc1ccc(OCCCBr)cc1. The van der Waals surface area contributed by atoms with Crippen molar-refractivity contribution in [3.8, 4) is 5.75 Å². The summed E-state index contributed by atoms with van der Waals surface area (Å²) in [6.07, 6.45) is 3.60. The lowest BCUT2D eigenvalue weighted by atomic mass is 10.2. The minimum atomic E-state index is -0.485. The molecule has 1 N–H and O–H groups in total. The van der Waals surface area contributed by atoms with E-state index < -0.39 is 6.29 Å². The molecule has 1 aromatic carbocycles. The summed E-state index contributed by atoms with van der Waals surface area (Å²) >= 11 is 3.36. The maximum atomic E-state index is 11.7. The molecule has 0 heterocycles. The van der Waals surface area contributed by atoms with Crippen LogP contribution in [0, 0.1) is 5.92 Å². The average molecular weight is 400 g/mol. The number of hydroxylamine groups is 1. The van der Waals surface area contributed by atoms with Crippen molar-refractivity contribution in [2.75, 3.05) is 18.5 Å². The summed E-state index contributed by atoms with van der Waals surface area (Å²) < 4.78 is 11.0. The number of alkyl halides is 1. The van der Waals surface area contributed by atoms with Crippen LogP contribution in [-0.4, -0.2) is 30.7 Å². The Kier molecular flexibility index (Phi) is 10.4. The third kappa shape index (κ3) is 9.70. The van der Waals surface area contributed by atoms with Crippen LogP contribution in [0.25, 0.3) is 6.08 Å². The molecule has 0 fully saturated rings. The van der Waals surface area contributed by atoms with Crippen LogP contribution in [0.1, 0.15) is 32.8 Å². The zero-order chi connectivity index (χ0) is 17.8. The number of carbonyl (C=O) groups is 1. The molecular formula is C18H26BrNO4. The molecular weight excluding hydrogens is 374 g/mol. The predicted molar refractivity (Wildman–Crippen MR) is 98.9 cm³/mol. The van der Waals surface area contributed by atoms with Crippen molar-refractivity contribution in [2.24, 2.45) is 5.92 Å². The summed E-state index contributed by atoms with van der Waals surface area (Å²) in [6, 6.07) is 7.54. The molecule has 5 nitrogen and oxygen atoms in total. The van der Waals surface area contributed by atoms with E-state index in [4.69, 9.17) is 14.3 Å². The Morgan fingerprint density at radius 3 is 2.58 bits per heavy atom. The summed E-state index contributed by atoms with van der Waals surface area (Å²) in [7, 11) is 0. The van der Waals surface area contributed by atoms with E-state index in [9.17, 15) is 4.79 Å². The topological polar surface area (TPSA) is 56.8 Å². The normalized spacial score (nSPS) is 12.5. The van der Waals surface area contributed by atoms with Gasteiger partial charge in [0.25, 0.3) is 5.91 Å². The number of hydrogen-bond acceptors (Lipinski definition) is 4. The van der Waals surface area contributed by atoms with Crippen molar-refractivity contribution >= 4 is 27.9 Å². The first-order valence-corrected chi connectivity index (χ1v) is 9.17. The third-order valence-electron chi connectivity index (χ3n) is 2.84. The fourth-order valence-corrected chi connectivity index (χ4v) is 1.86. The van der Waals surface area contributed by atoms with Crippen molar-refractivity contribution < 1.29 is 19.1 Å². The van der Waals surface area contributed by atoms with Gasteiger partial charge in [0.05, 0.1) is 13.2 Å². The Morgan fingerprint density at radius 2 is 1.96 bits per heavy atom. The molecule has 1 atom stereocenters. The van der Waals surface area contributed by atoms with Crippen LogP contribution in [0.4, 0.5) is 0 Å². The number of halogens is 1. The van der Waals surface area contributed by atoms with Gasteiger partial charge in [-0.05, 0) is 43.0 Å². The molecule has 0 saturated heterocycles. The Morgan fingerprint density at radius 1 is 1.25 bits per heavy atom. The van der Waals surface area contributed by atoms with Gasteiger partial charge in [-0.1, -0.05) is 41.9 Å². The summed E-state index contributed by atoms with van der Waals surface area (Å²) in [5, 5.41) is 0.923. The highest BCUT2D eigenvalue weighted by molar-refractivity contribution is 9.09. The molecule has 0 aliphatic carbocycles. The maximum absolute atomic E-state index is 11.7. The van der Waals surface area contributed by atoms with Gasteiger partial charge in [0.1, 0.15) is 5.75 Å². The molecule has 1 rings (SSSR count). The molecule has 134 valence electrons. The van der Waals surface area contributed by atoms with Crippen molar-refractivity contribution in [1.29, 1.82) is 0 Å². The van der Waals surface area contributed by atoms with Crippen molar-refractivity contribution in [3.05, 3.63) is 35.9 Å². The van der Waals surface area contributed by atoms with E-state index >= 15 is 0 Å². The predicted octanol–water partition coefficient (Wildman–Crippen LogP) is 3.93. The minimum Gasteiger partial charge on any atom is -0.494 e. The highest BCUT2D eigenvalue weighted by Gasteiger charge is 2.05. The molecule has 0 saturated carbocycles. The number of hydrogen-bond donors (Lipinski definition) is 1. The Bertz CT molecular complexity index is 502. The van der Waals surface area contributed by atoms with E-state index in [1.165, 1.54) is 6.08 Å². The first kappa shape index (κ1) is 20.7. The lowest BCUT2D eigenvalue weighted by molar-refractivity contribution is -0.180. The second-order valence-corrected chi connectivity index (χ2v) is 6.47. The molecule has 0 radical (unpaired) electrons. The fourth-order valence-electron chi connectivity index (χ4n) is 1.63. The molecule has 24 heavy (non-hydrogen) atoms. The second kappa shape index (κ2) is 12.1. The first-order valence-electron chi connectivity index (χ1n) is 8.05. The molecule has 0 aliphatic rings. The highest BCUT2D eigenvalue weighted by Crippen LogP contribution is 2.13. The van der Waals surface area contributed by atoms with E-state index in [1.54, 1.807) is 13.0 Å². The smallest absolute Gasteiger partial charge is 0.267 e. The van der Waals surface area contributed by atoms with Gasteiger partial charge in [-0.25, -0.2) is 10.3 Å². The van der Waals surface area contributed by atoms with E-state index in [0.29, 0.717) is 19.1 Å². The first-order chi connectivity index (χ1) is 11.5. The number of carbonyl (C=O) groups excluding carboxylic acids is 1. The third-order valence-corrected chi connectivity index (χ3v) is 3.40. The Labute approximate surface area is 152 Å². The van der Waals surface area contributed by atoms with Crippen molar-refractivity contribution in [3.63, 3.8) is 0 Å². The monoisotopic (exact) mass is 399 g/mol. The van der Waals surface area contributed by atoms with Gasteiger partial charge in [0.15, 0.2) is 6.29 Å². The van der Waals surface area contributed by atoms with Gasteiger partial charge in [-0.3, -0.25) is 4.79 Å². The van der Waals surface area contributed by atoms with E-state index in [2.05, 4.69) is 21.4 Å². The van der Waals surface area contributed by atoms with Crippen LogP contribution >= 0.6 is 15.9 Å².